The van der Waals surface area contributed by atoms with Crippen molar-refractivity contribution in [2.24, 2.45) is 0 Å². The average Bonchev–Trinajstić information content (AvgIpc) is 1.97. The quantitative estimate of drug-likeness (QED) is 0.535. The smallest absolute Gasteiger partial charge is 0.390 e. The molecule has 0 bridgehead atoms. The fourth-order valence-electron chi connectivity index (χ4n) is 0.596. The van der Waals surface area contributed by atoms with Gasteiger partial charge in [-0.05, 0) is 0 Å². The fraction of sp³-hybridized carbons (Fsp3) is 0.857. The van der Waals surface area contributed by atoms with Crippen LogP contribution in [-0.2, 0) is 9.53 Å². The van der Waals surface area contributed by atoms with Gasteiger partial charge in [0.15, 0.2) is 0 Å². The van der Waals surface area contributed by atoms with Crippen molar-refractivity contribution >= 4 is 17.6 Å². The molecule has 0 N–H and O–H groups in total. The van der Waals surface area contributed by atoms with Crippen molar-refractivity contribution in [2.75, 3.05) is 6.61 Å². The zero-order valence-corrected chi connectivity index (χ0v) is 7.78. The van der Waals surface area contributed by atoms with Gasteiger partial charge < -0.3 is 4.74 Å². The van der Waals surface area contributed by atoms with E-state index in [1.165, 1.54) is 0 Å². The van der Waals surface area contributed by atoms with E-state index in [9.17, 15) is 18.0 Å². The molecule has 13 heavy (non-hydrogen) atoms. The highest BCUT2D eigenvalue weighted by Crippen LogP contribution is 2.24. The van der Waals surface area contributed by atoms with E-state index < -0.39 is 30.6 Å². The van der Waals surface area contributed by atoms with Crippen LogP contribution >= 0.6 is 11.6 Å². The molecule has 6 heteroatoms. The van der Waals surface area contributed by atoms with E-state index in [4.69, 9.17) is 11.6 Å². The SMILES string of the molecule is CCC(=O)OCC(Cl)CC(F)(F)F. The van der Waals surface area contributed by atoms with E-state index in [0.717, 1.165) is 0 Å². The molecule has 2 nitrogen and oxygen atoms in total. The monoisotopic (exact) mass is 218 g/mol. The molecule has 0 aliphatic rings. The molecule has 0 saturated heterocycles. The molecule has 0 fully saturated rings. The van der Waals surface area contributed by atoms with Crippen molar-refractivity contribution in [3.8, 4) is 0 Å². The Morgan fingerprint density at radius 3 is 2.46 bits per heavy atom. The van der Waals surface area contributed by atoms with Crippen LogP contribution in [0.5, 0.6) is 0 Å². The van der Waals surface area contributed by atoms with Crippen LogP contribution in [0.3, 0.4) is 0 Å². The van der Waals surface area contributed by atoms with E-state index >= 15 is 0 Å². The van der Waals surface area contributed by atoms with Crippen molar-refractivity contribution < 1.29 is 22.7 Å². The first kappa shape index (κ1) is 12.6. The van der Waals surface area contributed by atoms with Crippen LogP contribution in [0.15, 0.2) is 0 Å². The van der Waals surface area contributed by atoms with Crippen LogP contribution in [0.1, 0.15) is 19.8 Å². The zero-order valence-electron chi connectivity index (χ0n) is 7.03. The van der Waals surface area contributed by atoms with Gasteiger partial charge in [0.25, 0.3) is 0 Å². The number of halogens is 4. The highest BCUT2D eigenvalue weighted by molar-refractivity contribution is 6.20. The summed E-state index contributed by atoms with van der Waals surface area (Å²) in [6.45, 7) is 1.16. The first-order valence-corrected chi connectivity index (χ1v) is 4.15. The number of hydrogen-bond acceptors (Lipinski definition) is 2. The Bertz CT molecular complexity index is 170. The molecule has 0 amide bonds. The Kier molecular flexibility index (Phi) is 5.13. The molecule has 0 heterocycles. The van der Waals surface area contributed by atoms with Gasteiger partial charge in [-0.3, -0.25) is 4.79 Å². The lowest BCUT2D eigenvalue weighted by Gasteiger charge is -2.11. The summed E-state index contributed by atoms with van der Waals surface area (Å²) in [5.74, 6) is -0.548. The number of carbonyl (C=O) groups excluding carboxylic acids is 1. The second kappa shape index (κ2) is 5.32. The van der Waals surface area contributed by atoms with Crippen LogP contribution in [0.4, 0.5) is 13.2 Å². The first-order chi connectivity index (χ1) is 5.85. The summed E-state index contributed by atoms with van der Waals surface area (Å²) in [6, 6.07) is 0. The summed E-state index contributed by atoms with van der Waals surface area (Å²) in [5.41, 5.74) is 0. The van der Waals surface area contributed by atoms with Crippen molar-refractivity contribution in [1.29, 1.82) is 0 Å². The summed E-state index contributed by atoms with van der Waals surface area (Å²) < 4.78 is 39.5. The van der Waals surface area contributed by atoms with Crippen molar-refractivity contribution in [3.63, 3.8) is 0 Å². The molecule has 0 radical (unpaired) electrons. The third-order valence-electron chi connectivity index (χ3n) is 1.17. The molecular weight excluding hydrogens is 209 g/mol. The lowest BCUT2D eigenvalue weighted by atomic mass is 10.3. The van der Waals surface area contributed by atoms with Crippen molar-refractivity contribution in [3.05, 3.63) is 0 Å². The molecule has 0 aromatic heterocycles. The summed E-state index contributed by atoms with van der Waals surface area (Å²) >= 11 is 5.27. The van der Waals surface area contributed by atoms with Gasteiger partial charge in [-0.1, -0.05) is 6.92 Å². The summed E-state index contributed by atoms with van der Waals surface area (Å²) in [6.07, 6.45) is -5.33. The molecule has 1 unspecified atom stereocenters. The highest BCUT2D eigenvalue weighted by Gasteiger charge is 2.31. The fourth-order valence-corrected chi connectivity index (χ4v) is 0.833. The van der Waals surface area contributed by atoms with Gasteiger partial charge in [0.05, 0.1) is 11.8 Å². The van der Waals surface area contributed by atoms with E-state index in [2.05, 4.69) is 4.74 Å². The van der Waals surface area contributed by atoms with E-state index in [0.29, 0.717) is 0 Å². The second-order valence-corrected chi connectivity index (χ2v) is 3.07. The lowest BCUT2D eigenvalue weighted by molar-refractivity contribution is -0.149. The van der Waals surface area contributed by atoms with E-state index in [1.807, 2.05) is 0 Å². The molecule has 0 aliphatic carbocycles. The molecule has 0 rings (SSSR count). The molecule has 78 valence electrons. The Hall–Kier alpha value is -0.450. The molecule has 0 spiro atoms. The number of ether oxygens (including phenoxy) is 1. The van der Waals surface area contributed by atoms with Gasteiger partial charge in [-0.25, -0.2) is 0 Å². The van der Waals surface area contributed by atoms with Gasteiger partial charge >= 0.3 is 12.1 Å². The maximum absolute atomic E-state index is 11.7. The first-order valence-electron chi connectivity index (χ1n) is 3.71. The molecule has 0 aromatic carbocycles. The maximum atomic E-state index is 11.7. The Morgan fingerprint density at radius 1 is 1.54 bits per heavy atom. The number of carbonyl (C=O) groups is 1. The van der Waals surface area contributed by atoms with Crippen LogP contribution in [-0.4, -0.2) is 24.1 Å². The predicted molar refractivity (Wildman–Crippen MR) is 41.6 cm³/mol. The minimum atomic E-state index is -4.31. The minimum absolute atomic E-state index is 0.135. The van der Waals surface area contributed by atoms with E-state index in [-0.39, 0.29) is 6.42 Å². The van der Waals surface area contributed by atoms with Crippen molar-refractivity contribution in [1.82, 2.24) is 0 Å². The predicted octanol–water partition coefficient (Wildman–Crippen LogP) is 2.50. The van der Waals surface area contributed by atoms with Crippen molar-refractivity contribution in [2.45, 2.75) is 31.3 Å². The largest absolute Gasteiger partial charge is 0.464 e. The van der Waals surface area contributed by atoms with Gasteiger partial charge in [0.2, 0.25) is 0 Å². The van der Waals surface area contributed by atoms with Crippen LogP contribution in [0.25, 0.3) is 0 Å². The van der Waals surface area contributed by atoms with Gasteiger partial charge in [0.1, 0.15) is 6.61 Å². The number of hydrogen-bond donors (Lipinski definition) is 0. The van der Waals surface area contributed by atoms with Crippen LogP contribution in [0.2, 0.25) is 0 Å². The maximum Gasteiger partial charge on any atom is 0.390 e. The van der Waals surface area contributed by atoms with Gasteiger partial charge in [-0.15, -0.1) is 11.6 Å². The normalized spacial score (nSPS) is 13.9. The third-order valence-corrected chi connectivity index (χ3v) is 1.45. The van der Waals surface area contributed by atoms with Gasteiger partial charge in [0, 0.05) is 6.42 Å². The van der Waals surface area contributed by atoms with Crippen LogP contribution in [0, 0.1) is 0 Å². The standard InChI is InChI=1S/C7H10ClF3O2/c1-2-6(12)13-4-5(8)3-7(9,10)11/h5H,2-4H2,1H3. The highest BCUT2D eigenvalue weighted by atomic mass is 35.5. The molecule has 0 aromatic rings. The summed E-state index contributed by atoms with van der Waals surface area (Å²) in [4.78, 5) is 10.5. The second-order valence-electron chi connectivity index (χ2n) is 2.45. The Labute approximate surface area is 79.0 Å². The average molecular weight is 219 g/mol. The number of rotatable bonds is 4. The zero-order chi connectivity index (χ0) is 10.5. The Morgan fingerprint density at radius 2 is 2.08 bits per heavy atom. The minimum Gasteiger partial charge on any atom is -0.464 e. The third kappa shape index (κ3) is 7.90. The summed E-state index contributed by atoms with van der Waals surface area (Å²) in [5, 5.41) is -1.20. The van der Waals surface area contributed by atoms with E-state index in [1.54, 1.807) is 6.92 Å². The molecular formula is C7H10ClF3O2. The molecule has 0 aliphatic heterocycles. The molecule has 0 saturated carbocycles. The number of esters is 1. The number of alkyl halides is 4. The van der Waals surface area contributed by atoms with Crippen LogP contribution < -0.4 is 0 Å². The topological polar surface area (TPSA) is 26.3 Å². The summed E-state index contributed by atoms with van der Waals surface area (Å²) in [7, 11) is 0. The lowest BCUT2D eigenvalue weighted by Crippen LogP contribution is -2.21. The van der Waals surface area contributed by atoms with Gasteiger partial charge in [-0.2, -0.15) is 13.2 Å². The Balaban J connectivity index is 3.63. The molecule has 1 atom stereocenters.